The van der Waals surface area contributed by atoms with Gasteiger partial charge in [0.25, 0.3) is 0 Å². The van der Waals surface area contributed by atoms with Crippen molar-refractivity contribution in [3.05, 3.63) is 170 Å². The first-order valence-electron chi connectivity index (χ1n) is 17.2. The van der Waals surface area contributed by atoms with E-state index in [1.807, 2.05) is 6.20 Å². The maximum absolute atomic E-state index is 5.25. The van der Waals surface area contributed by atoms with E-state index >= 15 is 0 Å². The van der Waals surface area contributed by atoms with Gasteiger partial charge in [-0.3, -0.25) is 4.57 Å². The summed E-state index contributed by atoms with van der Waals surface area (Å²) in [6.07, 6.45) is 1.98. The molecule has 11 aromatic rings. The van der Waals surface area contributed by atoms with Crippen LogP contribution in [-0.4, -0.2) is 19.1 Å². The summed E-state index contributed by atoms with van der Waals surface area (Å²) in [4.78, 5) is 10.2. The molecule has 0 aliphatic carbocycles. The highest BCUT2D eigenvalue weighted by Gasteiger charge is 2.17. The van der Waals surface area contributed by atoms with Crippen LogP contribution >= 0.6 is 11.3 Å². The average Bonchev–Trinajstić information content (AvgIpc) is 3.85. The van der Waals surface area contributed by atoms with Crippen LogP contribution in [0, 0.1) is 0 Å². The van der Waals surface area contributed by atoms with Crippen LogP contribution in [0.4, 0.5) is 0 Å². The zero-order valence-electron chi connectivity index (χ0n) is 27.4. The van der Waals surface area contributed by atoms with Gasteiger partial charge in [-0.25, -0.2) is 9.97 Å². The Balaban J connectivity index is 1.06. The Hall–Kier alpha value is -6.56. The molecule has 238 valence electrons. The lowest BCUT2D eigenvalue weighted by molar-refractivity contribution is 1.01. The topological polar surface area (TPSA) is 35.6 Å². The molecule has 5 heteroatoms. The molecule has 0 saturated carbocycles. The number of rotatable bonds is 4. The van der Waals surface area contributed by atoms with Crippen LogP contribution in [0.3, 0.4) is 0 Å². The van der Waals surface area contributed by atoms with Crippen LogP contribution in [-0.2, 0) is 0 Å². The van der Waals surface area contributed by atoms with Gasteiger partial charge in [0.05, 0.1) is 38.5 Å². The molecule has 0 N–H and O–H groups in total. The standard InChI is InChI=1S/C46H28N4S/c1-2-11-29(12-3-1)31-21-23-42-37(26-31)36-17-6-7-18-39(36)49(42)33-14-10-13-30(25-33)32-22-24-43-38(27-32)45-44(51-43)28-47-46(48-45)50-40-19-8-4-15-34(40)35-16-5-9-20-41(35)50/h1-28H. The second-order valence-corrected chi connectivity index (χ2v) is 14.2. The van der Waals surface area contributed by atoms with Crippen LogP contribution < -0.4 is 0 Å². The molecule has 0 aliphatic rings. The molecular formula is C46H28N4S. The predicted octanol–water partition coefficient (Wildman–Crippen LogP) is 12.4. The normalized spacial score (nSPS) is 11.9. The minimum Gasteiger partial charge on any atom is -0.309 e. The Morgan fingerprint density at radius 3 is 1.73 bits per heavy atom. The smallest absolute Gasteiger partial charge is 0.235 e. The van der Waals surface area contributed by atoms with Crippen LogP contribution in [0.15, 0.2) is 170 Å². The Morgan fingerprint density at radius 2 is 0.961 bits per heavy atom. The average molecular weight is 669 g/mol. The summed E-state index contributed by atoms with van der Waals surface area (Å²) in [7, 11) is 0. The molecule has 4 heterocycles. The fourth-order valence-electron chi connectivity index (χ4n) is 7.86. The lowest BCUT2D eigenvalue weighted by Crippen LogP contribution is -2.00. The molecule has 11 rings (SSSR count). The van der Waals surface area contributed by atoms with E-state index in [0.717, 1.165) is 43.5 Å². The van der Waals surface area contributed by atoms with Gasteiger partial charge >= 0.3 is 0 Å². The van der Waals surface area contributed by atoms with Crippen molar-refractivity contribution in [3.8, 4) is 33.9 Å². The first kappa shape index (κ1) is 28.3. The summed E-state index contributed by atoms with van der Waals surface area (Å²) in [6.45, 7) is 0. The first-order chi connectivity index (χ1) is 25.3. The largest absolute Gasteiger partial charge is 0.309 e. The van der Waals surface area contributed by atoms with Crippen LogP contribution in [0.2, 0.25) is 0 Å². The molecule has 0 aliphatic heterocycles. The number of aromatic nitrogens is 4. The number of hydrogen-bond donors (Lipinski definition) is 0. The molecule has 0 radical (unpaired) electrons. The summed E-state index contributed by atoms with van der Waals surface area (Å²) in [6, 6.07) is 58.8. The molecular weight excluding hydrogens is 641 g/mol. The molecule has 0 bridgehead atoms. The van der Waals surface area contributed by atoms with Gasteiger partial charge in [-0.1, -0.05) is 109 Å². The number of thiophene rings is 1. The number of nitrogens with zero attached hydrogens (tertiary/aromatic N) is 4. The van der Waals surface area contributed by atoms with E-state index in [9.17, 15) is 0 Å². The molecule has 7 aromatic carbocycles. The highest BCUT2D eigenvalue weighted by atomic mass is 32.1. The summed E-state index contributed by atoms with van der Waals surface area (Å²) in [5, 5.41) is 6.05. The van der Waals surface area contributed by atoms with E-state index in [-0.39, 0.29) is 0 Å². The zero-order chi connectivity index (χ0) is 33.5. The van der Waals surface area contributed by atoms with E-state index < -0.39 is 0 Å². The molecule has 0 amide bonds. The van der Waals surface area contributed by atoms with Crippen molar-refractivity contribution in [2.75, 3.05) is 0 Å². The van der Waals surface area contributed by atoms with Gasteiger partial charge in [-0.05, 0) is 76.9 Å². The van der Waals surface area contributed by atoms with Crippen LogP contribution in [0.5, 0.6) is 0 Å². The fraction of sp³-hybridized carbons (Fsp3) is 0. The van der Waals surface area contributed by atoms with Crippen molar-refractivity contribution in [1.82, 2.24) is 19.1 Å². The van der Waals surface area contributed by atoms with Crippen LogP contribution in [0.25, 0.3) is 97.8 Å². The van der Waals surface area contributed by atoms with Gasteiger partial charge in [-0.2, -0.15) is 0 Å². The van der Waals surface area contributed by atoms with E-state index in [0.29, 0.717) is 5.95 Å². The van der Waals surface area contributed by atoms with Gasteiger partial charge in [0.15, 0.2) is 0 Å². The minimum atomic E-state index is 0.689. The van der Waals surface area contributed by atoms with Crippen molar-refractivity contribution in [2.45, 2.75) is 0 Å². The number of hydrogen-bond acceptors (Lipinski definition) is 3. The maximum atomic E-state index is 5.25. The van der Waals surface area contributed by atoms with E-state index in [2.05, 4.69) is 173 Å². The quantitative estimate of drug-likeness (QED) is 0.187. The van der Waals surface area contributed by atoms with E-state index in [1.165, 1.54) is 48.4 Å². The second kappa shape index (κ2) is 11.0. The van der Waals surface area contributed by atoms with Crippen LogP contribution in [0.1, 0.15) is 0 Å². The summed E-state index contributed by atoms with van der Waals surface area (Å²) >= 11 is 1.74. The summed E-state index contributed by atoms with van der Waals surface area (Å²) in [5.41, 5.74) is 11.5. The Labute approximate surface area is 297 Å². The van der Waals surface area contributed by atoms with Gasteiger partial charge in [0.1, 0.15) is 0 Å². The summed E-state index contributed by atoms with van der Waals surface area (Å²) in [5.74, 6) is 0.689. The molecule has 51 heavy (non-hydrogen) atoms. The molecule has 0 unspecified atom stereocenters. The van der Waals surface area contributed by atoms with Crippen molar-refractivity contribution < 1.29 is 0 Å². The molecule has 4 nitrogen and oxygen atoms in total. The third kappa shape index (κ3) is 4.32. The third-order valence-corrected chi connectivity index (χ3v) is 11.3. The monoisotopic (exact) mass is 668 g/mol. The molecule has 0 saturated heterocycles. The van der Waals surface area contributed by atoms with E-state index in [1.54, 1.807) is 11.3 Å². The van der Waals surface area contributed by atoms with Gasteiger partial charge in [-0.15, -0.1) is 11.3 Å². The number of benzene rings is 7. The molecule has 0 spiro atoms. The van der Waals surface area contributed by atoms with Gasteiger partial charge in [0.2, 0.25) is 5.95 Å². The van der Waals surface area contributed by atoms with Crippen molar-refractivity contribution in [3.63, 3.8) is 0 Å². The third-order valence-electron chi connectivity index (χ3n) is 10.2. The predicted molar refractivity (Wildman–Crippen MR) is 214 cm³/mol. The minimum absolute atomic E-state index is 0.689. The van der Waals surface area contributed by atoms with Crippen molar-refractivity contribution in [2.24, 2.45) is 0 Å². The molecule has 4 aromatic heterocycles. The van der Waals surface area contributed by atoms with Crippen molar-refractivity contribution in [1.29, 1.82) is 0 Å². The number of fused-ring (bicyclic) bond motifs is 9. The summed E-state index contributed by atoms with van der Waals surface area (Å²) < 4.78 is 6.87. The van der Waals surface area contributed by atoms with Crippen molar-refractivity contribution >= 4 is 75.3 Å². The van der Waals surface area contributed by atoms with E-state index in [4.69, 9.17) is 9.97 Å². The molecule has 0 atom stereocenters. The zero-order valence-corrected chi connectivity index (χ0v) is 28.2. The first-order valence-corrected chi connectivity index (χ1v) is 18.0. The lowest BCUT2D eigenvalue weighted by Gasteiger charge is -2.11. The highest BCUT2D eigenvalue weighted by Crippen LogP contribution is 2.39. The lowest BCUT2D eigenvalue weighted by atomic mass is 10.0. The Bertz CT molecular complexity index is 3090. The maximum Gasteiger partial charge on any atom is 0.235 e. The SMILES string of the molecule is c1ccc(-c2ccc3c(c2)c2ccccc2n3-c2cccc(-c3ccc4sc5cnc(-n6c7ccccc7c7ccccc76)nc5c4c3)c2)cc1. The van der Waals surface area contributed by atoms with Gasteiger partial charge < -0.3 is 4.57 Å². The number of para-hydroxylation sites is 3. The fourth-order valence-corrected chi connectivity index (χ4v) is 8.86. The highest BCUT2D eigenvalue weighted by molar-refractivity contribution is 7.25. The Morgan fingerprint density at radius 1 is 0.392 bits per heavy atom. The molecule has 0 fully saturated rings. The van der Waals surface area contributed by atoms with Gasteiger partial charge in [0, 0.05) is 37.3 Å². The Kier molecular flexibility index (Phi) is 6.09. The second-order valence-electron chi connectivity index (χ2n) is 13.1.